The van der Waals surface area contributed by atoms with E-state index in [1.165, 1.54) is 17.0 Å². The molecule has 37 heavy (non-hydrogen) atoms. The highest BCUT2D eigenvalue weighted by Crippen LogP contribution is 2.30. The monoisotopic (exact) mass is 526 g/mol. The lowest BCUT2D eigenvalue weighted by Gasteiger charge is -2.35. The van der Waals surface area contributed by atoms with Crippen LogP contribution in [0.5, 0.6) is 0 Å². The Morgan fingerprint density at radius 3 is 2.68 bits per heavy atom. The number of fused-ring (bicyclic) bond motifs is 2. The third-order valence-corrected chi connectivity index (χ3v) is 6.31. The van der Waals surface area contributed by atoms with Gasteiger partial charge in [-0.1, -0.05) is 12.1 Å². The smallest absolute Gasteiger partial charge is 0.394 e. The molecule has 0 unspecified atom stereocenters. The van der Waals surface area contributed by atoms with Crippen LogP contribution in [0, 0.1) is 5.92 Å². The summed E-state index contributed by atoms with van der Waals surface area (Å²) in [7, 11) is 1.55. The summed E-state index contributed by atoms with van der Waals surface area (Å²) >= 11 is 0. The van der Waals surface area contributed by atoms with Crippen molar-refractivity contribution in [2.75, 3.05) is 32.1 Å². The van der Waals surface area contributed by atoms with Crippen LogP contribution in [0.2, 0.25) is 0 Å². The van der Waals surface area contributed by atoms with Gasteiger partial charge in [0.15, 0.2) is 0 Å². The van der Waals surface area contributed by atoms with E-state index in [4.69, 9.17) is 4.74 Å². The lowest BCUT2D eigenvalue weighted by atomic mass is 10.0. The zero-order valence-corrected chi connectivity index (χ0v) is 21.1. The second-order valence-electron chi connectivity index (χ2n) is 9.37. The Hall–Kier alpha value is -3.19. The Labute approximate surface area is 213 Å². The van der Waals surface area contributed by atoms with Crippen molar-refractivity contribution in [2.24, 2.45) is 5.92 Å². The third-order valence-electron chi connectivity index (χ3n) is 6.31. The highest BCUT2D eigenvalue weighted by atomic mass is 19.4. The summed E-state index contributed by atoms with van der Waals surface area (Å²) < 4.78 is 46.2. The summed E-state index contributed by atoms with van der Waals surface area (Å²) in [4.78, 5) is 28.7. The lowest BCUT2D eigenvalue weighted by Crippen LogP contribution is -2.48. The van der Waals surface area contributed by atoms with E-state index in [0.29, 0.717) is 25.2 Å². The molecule has 204 valence electrons. The van der Waals surface area contributed by atoms with Crippen molar-refractivity contribution < 1.29 is 32.6 Å². The van der Waals surface area contributed by atoms with Gasteiger partial charge in [0, 0.05) is 44.7 Å². The molecule has 1 aliphatic heterocycles. The molecule has 0 saturated heterocycles. The number of nitrogens with zero attached hydrogens (tertiary/aromatic N) is 5. The van der Waals surface area contributed by atoms with E-state index in [1.807, 2.05) is 6.92 Å². The number of likely N-dealkylation sites (N-methyl/N-ethyl adjacent to an activating group) is 1. The molecule has 0 radical (unpaired) electrons. The molecule has 0 fully saturated rings. The SMILES string of the molecule is C[C@H](CO)N1C[C@H](C)[C@@H](CN(C)C(=O)Nc2ccc(C(F)(F)F)cc2)OCc2cn(nn2)CCCC1=O. The van der Waals surface area contributed by atoms with E-state index in [0.717, 1.165) is 12.1 Å². The number of amides is 3. The van der Waals surface area contributed by atoms with Crippen LogP contribution in [0.15, 0.2) is 30.5 Å². The molecule has 1 aliphatic rings. The quantitative estimate of drug-likeness (QED) is 0.620. The second-order valence-corrected chi connectivity index (χ2v) is 9.37. The number of halogens is 3. The molecule has 1 aromatic heterocycles. The minimum atomic E-state index is -4.46. The molecule has 2 heterocycles. The van der Waals surface area contributed by atoms with Gasteiger partial charge in [0.1, 0.15) is 5.69 Å². The van der Waals surface area contributed by atoms with Crippen LogP contribution in [-0.4, -0.2) is 80.7 Å². The molecule has 1 aromatic carbocycles. The van der Waals surface area contributed by atoms with Crippen molar-refractivity contribution in [1.29, 1.82) is 0 Å². The van der Waals surface area contributed by atoms with Crippen molar-refractivity contribution in [3.05, 3.63) is 41.7 Å². The van der Waals surface area contributed by atoms with Crippen LogP contribution < -0.4 is 5.32 Å². The number of alkyl halides is 3. The standard InChI is InChI=1S/C24H33F3N6O4/c1-16-11-33(17(2)14-34)22(35)5-4-10-32-12-20(29-30-32)15-37-21(16)13-31(3)23(36)28-19-8-6-18(7-9-19)24(25,26)27/h6-9,12,16-17,21,34H,4-5,10-11,13-15H2,1-3H3,(H,28,36)/t16-,17+,21+/m0/s1. The van der Waals surface area contributed by atoms with Crippen LogP contribution in [0.3, 0.4) is 0 Å². The number of anilines is 1. The van der Waals surface area contributed by atoms with Crippen molar-refractivity contribution in [3.63, 3.8) is 0 Å². The number of benzene rings is 1. The first-order chi connectivity index (χ1) is 17.5. The van der Waals surface area contributed by atoms with E-state index >= 15 is 0 Å². The molecule has 2 aromatic rings. The van der Waals surface area contributed by atoms with Gasteiger partial charge in [-0.2, -0.15) is 13.2 Å². The highest BCUT2D eigenvalue weighted by molar-refractivity contribution is 5.89. The van der Waals surface area contributed by atoms with E-state index in [9.17, 15) is 27.9 Å². The summed E-state index contributed by atoms with van der Waals surface area (Å²) in [6.07, 6.45) is -2.38. The van der Waals surface area contributed by atoms with Crippen molar-refractivity contribution in [2.45, 2.75) is 58.2 Å². The lowest BCUT2D eigenvalue weighted by molar-refractivity contribution is -0.137. The Balaban J connectivity index is 1.73. The fraction of sp³-hybridized carbons (Fsp3) is 0.583. The van der Waals surface area contributed by atoms with Gasteiger partial charge in [0.25, 0.3) is 0 Å². The van der Waals surface area contributed by atoms with E-state index in [2.05, 4.69) is 15.6 Å². The largest absolute Gasteiger partial charge is 0.416 e. The summed E-state index contributed by atoms with van der Waals surface area (Å²) in [5, 5.41) is 20.4. The molecule has 0 saturated carbocycles. The van der Waals surface area contributed by atoms with Crippen molar-refractivity contribution >= 4 is 17.6 Å². The fourth-order valence-corrected chi connectivity index (χ4v) is 4.01. The number of aliphatic hydroxyl groups is 1. The molecule has 3 atom stereocenters. The van der Waals surface area contributed by atoms with Gasteiger partial charge in [-0.25, -0.2) is 4.79 Å². The highest BCUT2D eigenvalue weighted by Gasteiger charge is 2.31. The molecular weight excluding hydrogens is 493 g/mol. The summed E-state index contributed by atoms with van der Waals surface area (Å²) in [5.41, 5.74) is 0.0253. The molecular formula is C24H33F3N6O4. The van der Waals surface area contributed by atoms with E-state index < -0.39 is 23.9 Å². The summed E-state index contributed by atoms with van der Waals surface area (Å²) in [6, 6.07) is 3.26. The van der Waals surface area contributed by atoms with Gasteiger partial charge in [-0.3, -0.25) is 9.48 Å². The second kappa shape index (κ2) is 12.4. The molecule has 10 nitrogen and oxygen atoms in total. The normalized spacial score (nSPS) is 20.4. The van der Waals surface area contributed by atoms with Crippen molar-refractivity contribution in [1.82, 2.24) is 24.8 Å². The average Bonchev–Trinajstić information content (AvgIpc) is 3.31. The predicted octanol–water partition coefficient (Wildman–Crippen LogP) is 2.99. The minimum absolute atomic E-state index is 0.0971. The van der Waals surface area contributed by atoms with Gasteiger partial charge in [-0.05, 0) is 37.6 Å². The van der Waals surface area contributed by atoms with Crippen LogP contribution in [0.1, 0.15) is 37.9 Å². The number of rotatable bonds is 5. The molecule has 13 heteroatoms. The predicted molar refractivity (Wildman–Crippen MR) is 128 cm³/mol. The summed E-state index contributed by atoms with van der Waals surface area (Å²) in [6.45, 7) is 4.59. The molecule has 3 rings (SSSR count). The fourth-order valence-electron chi connectivity index (χ4n) is 4.01. The van der Waals surface area contributed by atoms with Crippen LogP contribution >= 0.6 is 0 Å². The molecule has 0 spiro atoms. The first-order valence-electron chi connectivity index (χ1n) is 12.1. The van der Waals surface area contributed by atoms with Crippen LogP contribution in [-0.2, 0) is 28.9 Å². The van der Waals surface area contributed by atoms with Gasteiger partial charge >= 0.3 is 12.2 Å². The number of carbonyl (C=O) groups excluding carboxylic acids is 2. The minimum Gasteiger partial charge on any atom is -0.394 e. The Morgan fingerprint density at radius 2 is 2.03 bits per heavy atom. The molecule has 0 aliphatic carbocycles. The number of aromatic nitrogens is 3. The number of aliphatic hydroxyl groups excluding tert-OH is 1. The van der Waals surface area contributed by atoms with E-state index in [1.54, 1.807) is 29.7 Å². The summed E-state index contributed by atoms with van der Waals surface area (Å²) in [5.74, 6) is -0.324. The average molecular weight is 527 g/mol. The first-order valence-corrected chi connectivity index (χ1v) is 12.1. The van der Waals surface area contributed by atoms with Crippen LogP contribution in [0.4, 0.5) is 23.7 Å². The maximum atomic E-state index is 12.9. The zero-order chi connectivity index (χ0) is 27.2. The Bertz CT molecular complexity index is 1050. The van der Waals surface area contributed by atoms with Crippen molar-refractivity contribution in [3.8, 4) is 0 Å². The van der Waals surface area contributed by atoms with E-state index in [-0.39, 0.29) is 49.7 Å². The van der Waals surface area contributed by atoms with Gasteiger partial charge in [0.2, 0.25) is 5.91 Å². The number of carbonyl (C=O) groups is 2. The zero-order valence-electron chi connectivity index (χ0n) is 21.1. The van der Waals surface area contributed by atoms with Gasteiger partial charge < -0.3 is 25.0 Å². The number of urea groups is 1. The number of ether oxygens (including phenoxy) is 1. The molecule has 2 N–H and O–H groups in total. The number of hydrogen-bond acceptors (Lipinski definition) is 6. The number of hydrogen-bond donors (Lipinski definition) is 2. The molecule has 3 amide bonds. The van der Waals surface area contributed by atoms with Crippen LogP contribution in [0.25, 0.3) is 0 Å². The van der Waals surface area contributed by atoms with Gasteiger partial charge in [0.05, 0.1) is 37.1 Å². The number of nitrogens with one attached hydrogen (secondary N) is 1. The maximum Gasteiger partial charge on any atom is 0.416 e. The first kappa shape index (κ1) is 28.4. The molecule has 2 bridgehead atoms. The van der Waals surface area contributed by atoms with Gasteiger partial charge in [-0.15, -0.1) is 5.10 Å². The topological polar surface area (TPSA) is 113 Å². The maximum absolute atomic E-state index is 12.9. The Kier molecular flexibility index (Phi) is 9.49. The third kappa shape index (κ3) is 7.89. The number of aryl methyl sites for hydroxylation is 1. The Morgan fingerprint density at radius 1 is 1.32 bits per heavy atom.